The van der Waals surface area contributed by atoms with E-state index in [1.54, 1.807) is 12.1 Å². The number of ketones is 1. The lowest BCUT2D eigenvalue weighted by Crippen LogP contribution is -2.09. The van der Waals surface area contributed by atoms with E-state index in [1.807, 2.05) is 72.8 Å². The van der Waals surface area contributed by atoms with Crippen LogP contribution in [0.15, 0.2) is 90.1 Å². The Morgan fingerprint density at radius 3 is 1.88 bits per heavy atom. The first kappa shape index (κ1) is 15.8. The lowest BCUT2D eigenvalue weighted by molar-refractivity contribution is 0.0977. The molecule has 3 nitrogen and oxygen atoms in total. The van der Waals surface area contributed by atoms with Crippen LogP contribution in [-0.2, 0) is 0 Å². The smallest absolute Gasteiger partial charge is 0.163 e. The molecule has 3 rings (SSSR count). The molecule has 0 aliphatic carbocycles. The molecule has 0 spiro atoms. The Balaban J connectivity index is 1.93. The summed E-state index contributed by atoms with van der Waals surface area (Å²) in [5, 5.41) is 2.94. The van der Waals surface area contributed by atoms with Gasteiger partial charge in [-0.15, -0.1) is 4.91 Å². The van der Waals surface area contributed by atoms with E-state index in [4.69, 9.17) is 0 Å². The highest BCUT2D eigenvalue weighted by Crippen LogP contribution is 2.30. The van der Waals surface area contributed by atoms with Crippen molar-refractivity contribution >= 4 is 11.5 Å². The maximum atomic E-state index is 12.7. The third kappa shape index (κ3) is 3.63. The molecule has 0 amide bonds. The summed E-state index contributed by atoms with van der Waals surface area (Å²) < 4.78 is 0. The summed E-state index contributed by atoms with van der Waals surface area (Å²) in [6, 6.07) is 26.4. The minimum absolute atomic E-state index is 0.0559. The molecule has 3 heteroatoms. The summed E-state index contributed by atoms with van der Waals surface area (Å²) in [4.78, 5) is 23.3. The summed E-state index contributed by atoms with van der Waals surface area (Å²) in [5.41, 5.74) is 3.18. The summed E-state index contributed by atoms with van der Waals surface area (Å²) in [6.07, 6.45) is 0.377. The fraction of sp³-hybridized carbons (Fsp3) is 0.0952. The zero-order valence-electron chi connectivity index (χ0n) is 13.1. The van der Waals surface area contributed by atoms with Crippen LogP contribution in [0, 0.1) is 4.91 Å². The number of nitroso groups, excluding NO2 is 1. The van der Waals surface area contributed by atoms with Crippen LogP contribution in [0.5, 0.6) is 0 Å². The van der Waals surface area contributed by atoms with Gasteiger partial charge in [0.2, 0.25) is 0 Å². The molecule has 3 aromatic rings. The zero-order valence-corrected chi connectivity index (χ0v) is 13.1. The van der Waals surface area contributed by atoms with Crippen molar-refractivity contribution in [2.45, 2.75) is 12.3 Å². The Morgan fingerprint density at radius 2 is 1.29 bits per heavy atom. The molecule has 0 aliphatic heterocycles. The number of carbonyl (C=O) groups is 1. The van der Waals surface area contributed by atoms with Gasteiger partial charge in [0.1, 0.15) is 5.69 Å². The van der Waals surface area contributed by atoms with Crippen LogP contribution in [0.2, 0.25) is 0 Å². The standard InChI is InChI=1S/C21H17NO2/c23-21(18-9-5-2-6-10-18)15-20(16-7-3-1-4-8-16)17-11-13-19(22-24)14-12-17/h1-14,20H,15H2/t20-/m0/s1. The molecule has 0 fully saturated rings. The van der Waals surface area contributed by atoms with Gasteiger partial charge in [-0.05, 0) is 28.4 Å². The Morgan fingerprint density at radius 1 is 0.750 bits per heavy atom. The second-order valence-electron chi connectivity index (χ2n) is 5.64. The normalized spacial score (nSPS) is 11.7. The Kier molecular flexibility index (Phi) is 4.92. The lowest BCUT2D eigenvalue weighted by atomic mass is 9.86. The number of carbonyl (C=O) groups excluding carboxylic acids is 1. The molecule has 3 aromatic carbocycles. The molecule has 0 radical (unpaired) electrons. The topological polar surface area (TPSA) is 46.5 Å². The predicted octanol–water partition coefficient (Wildman–Crippen LogP) is 5.49. The minimum atomic E-state index is -0.0559. The van der Waals surface area contributed by atoms with Crippen LogP contribution in [0.4, 0.5) is 5.69 Å². The van der Waals surface area contributed by atoms with Crippen molar-refractivity contribution < 1.29 is 4.79 Å². The molecule has 0 saturated carbocycles. The maximum absolute atomic E-state index is 12.7. The molecule has 0 bridgehead atoms. The largest absolute Gasteiger partial charge is 0.294 e. The summed E-state index contributed by atoms with van der Waals surface area (Å²) >= 11 is 0. The van der Waals surface area contributed by atoms with E-state index in [1.165, 1.54) is 0 Å². The number of nitrogens with zero attached hydrogens (tertiary/aromatic N) is 1. The van der Waals surface area contributed by atoms with E-state index in [2.05, 4.69) is 5.18 Å². The molecule has 0 heterocycles. The number of Topliss-reactive ketones (excluding diaryl/α,β-unsaturated/α-hetero) is 1. The number of rotatable bonds is 6. The molecule has 1 atom stereocenters. The highest BCUT2D eigenvalue weighted by atomic mass is 16.3. The maximum Gasteiger partial charge on any atom is 0.163 e. The predicted molar refractivity (Wildman–Crippen MR) is 95.6 cm³/mol. The van der Waals surface area contributed by atoms with Gasteiger partial charge in [-0.25, -0.2) is 0 Å². The van der Waals surface area contributed by atoms with Crippen molar-refractivity contribution in [3.8, 4) is 0 Å². The van der Waals surface area contributed by atoms with Gasteiger partial charge in [-0.1, -0.05) is 72.8 Å². The first-order valence-corrected chi connectivity index (χ1v) is 7.84. The van der Waals surface area contributed by atoms with Crippen LogP contribution in [-0.4, -0.2) is 5.78 Å². The van der Waals surface area contributed by atoms with Crippen molar-refractivity contribution in [1.29, 1.82) is 0 Å². The van der Waals surface area contributed by atoms with E-state index >= 15 is 0 Å². The van der Waals surface area contributed by atoms with Crippen LogP contribution in [0.1, 0.15) is 33.8 Å². The molecule has 0 N–H and O–H groups in total. The van der Waals surface area contributed by atoms with Crippen molar-refractivity contribution in [2.75, 3.05) is 0 Å². The fourth-order valence-corrected chi connectivity index (χ4v) is 2.81. The molecule has 0 unspecified atom stereocenters. The van der Waals surface area contributed by atoms with Crippen LogP contribution in [0.3, 0.4) is 0 Å². The van der Waals surface area contributed by atoms with Gasteiger partial charge in [0.15, 0.2) is 5.78 Å². The first-order valence-electron chi connectivity index (χ1n) is 7.84. The van der Waals surface area contributed by atoms with Gasteiger partial charge < -0.3 is 0 Å². The Bertz CT molecular complexity index is 811. The zero-order chi connectivity index (χ0) is 16.8. The Labute approximate surface area is 140 Å². The quantitative estimate of drug-likeness (QED) is 0.446. The first-order chi connectivity index (χ1) is 11.8. The van der Waals surface area contributed by atoms with Crippen molar-refractivity contribution in [3.63, 3.8) is 0 Å². The highest BCUT2D eigenvalue weighted by Gasteiger charge is 2.19. The molecular weight excluding hydrogens is 298 g/mol. The molecule has 0 saturated heterocycles. The monoisotopic (exact) mass is 315 g/mol. The molecule has 0 aliphatic rings. The van der Waals surface area contributed by atoms with Gasteiger partial charge in [-0.2, -0.15) is 0 Å². The number of benzene rings is 3. The van der Waals surface area contributed by atoms with Gasteiger partial charge in [-0.3, -0.25) is 4.79 Å². The van der Waals surface area contributed by atoms with Crippen LogP contribution < -0.4 is 0 Å². The molecule has 0 aromatic heterocycles. The number of hydrogen-bond donors (Lipinski definition) is 0. The third-order valence-corrected chi connectivity index (χ3v) is 4.09. The van der Waals surface area contributed by atoms with E-state index in [0.717, 1.165) is 11.1 Å². The highest BCUT2D eigenvalue weighted by molar-refractivity contribution is 5.96. The number of hydrogen-bond acceptors (Lipinski definition) is 3. The summed E-state index contributed by atoms with van der Waals surface area (Å²) in [5.74, 6) is 0.0432. The van der Waals surface area contributed by atoms with Gasteiger partial charge in [0, 0.05) is 17.9 Å². The van der Waals surface area contributed by atoms with E-state index < -0.39 is 0 Å². The third-order valence-electron chi connectivity index (χ3n) is 4.09. The average molecular weight is 315 g/mol. The average Bonchev–Trinajstić information content (AvgIpc) is 2.67. The second-order valence-corrected chi connectivity index (χ2v) is 5.64. The lowest BCUT2D eigenvalue weighted by Gasteiger charge is -2.17. The van der Waals surface area contributed by atoms with Crippen molar-refractivity contribution in [1.82, 2.24) is 0 Å². The molecular formula is C21H17NO2. The van der Waals surface area contributed by atoms with Gasteiger partial charge in [0.25, 0.3) is 0 Å². The van der Waals surface area contributed by atoms with Gasteiger partial charge >= 0.3 is 0 Å². The van der Waals surface area contributed by atoms with E-state index in [9.17, 15) is 9.70 Å². The van der Waals surface area contributed by atoms with Crippen molar-refractivity contribution in [3.05, 3.63) is 107 Å². The minimum Gasteiger partial charge on any atom is -0.294 e. The Hall–Kier alpha value is -3.07. The molecule has 118 valence electrons. The SMILES string of the molecule is O=Nc1ccc([C@@H](CC(=O)c2ccccc2)c2ccccc2)cc1. The summed E-state index contributed by atoms with van der Waals surface area (Å²) in [7, 11) is 0. The van der Waals surface area contributed by atoms with Crippen LogP contribution in [0.25, 0.3) is 0 Å². The van der Waals surface area contributed by atoms with E-state index in [0.29, 0.717) is 17.7 Å². The summed E-state index contributed by atoms with van der Waals surface area (Å²) in [6.45, 7) is 0. The second kappa shape index (κ2) is 7.47. The van der Waals surface area contributed by atoms with E-state index in [-0.39, 0.29) is 11.7 Å². The molecule has 24 heavy (non-hydrogen) atoms. The van der Waals surface area contributed by atoms with Crippen molar-refractivity contribution in [2.24, 2.45) is 5.18 Å². The van der Waals surface area contributed by atoms with Gasteiger partial charge in [0.05, 0.1) is 0 Å². The fourth-order valence-electron chi connectivity index (χ4n) is 2.81. The van der Waals surface area contributed by atoms with Crippen LogP contribution >= 0.6 is 0 Å².